The lowest BCUT2D eigenvalue weighted by Crippen LogP contribution is -2.07. The Morgan fingerprint density at radius 3 is 2.73 bits per heavy atom. The minimum atomic E-state index is -2.62. The fraction of sp³-hybridized carbons (Fsp3) is 0.778. The predicted octanol–water partition coefficient (Wildman–Crippen LogP) is 1.51. The summed E-state index contributed by atoms with van der Waals surface area (Å²) in [5.41, 5.74) is -0.251. The Bertz CT molecular complexity index is 336. The first-order valence-corrected chi connectivity index (χ1v) is 5.03. The van der Waals surface area contributed by atoms with Crippen LogP contribution in [-0.4, -0.2) is 20.1 Å². The number of alkyl halides is 2. The molecule has 84 valence electrons. The van der Waals surface area contributed by atoms with E-state index in [1.165, 1.54) is 17.5 Å². The number of aryl methyl sites for hydroxylation is 1. The number of hydrogen-bond acceptors (Lipinski definition) is 3. The molecule has 4 nitrogen and oxygen atoms in total. The molecule has 1 saturated carbocycles. The van der Waals surface area contributed by atoms with E-state index in [2.05, 4.69) is 10.3 Å². The predicted molar refractivity (Wildman–Crippen MR) is 48.2 cm³/mol. The molecule has 1 aromatic rings. The van der Waals surface area contributed by atoms with Gasteiger partial charge in [0, 0.05) is 6.54 Å². The second kappa shape index (κ2) is 4.22. The van der Waals surface area contributed by atoms with Gasteiger partial charge in [-0.25, -0.2) is 13.5 Å². The summed E-state index contributed by atoms with van der Waals surface area (Å²) in [6.45, 7) is -0.0135. The van der Waals surface area contributed by atoms with E-state index in [0.717, 1.165) is 6.42 Å². The molecule has 15 heavy (non-hydrogen) atoms. The Balaban J connectivity index is 2.09. The van der Waals surface area contributed by atoms with Crippen LogP contribution < -0.4 is 0 Å². The molecular weight excluding hydrogens is 204 g/mol. The average molecular weight is 217 g/mol. The molecule has 1 aliphatic rings. The summed E-state index contributed by atoms with van der Waals surface area (Å²) in [6, 6.07) is 0. The molecule has 0 spiro atoms. The molecule has 0 saturated heterocycles. The van der Waals surface area contributed by atoms with Crippen LogP contribution in [0.1, 0.15) is 37.1 Å². The van der Waals surface area contributed by atoms with Gasteiger partial charge in [-0.3, -0.25) is 0 Å². The molecule has 6 heteroatoms. The molecule has 1 N–H and O–H groups in total. The zero-order chi connectivity index (χ0) is 10.8. The van der Waals surface area contributed by atoms with E-state index in [-0.39, 0.29) is 11.4 Å². The Hall–Kier alpha value is -1.04. The van der Waals surface area contributed by atoms with Crippen molar-refractivity contribution < 1.29 is 13.9 Å². The normalized spacial score (nSPS) is 16.3. The zero-order valence-corrected chi connectivity index (χ0v) is 8.24. The van der Waals surface area contributed by atoms with Crippen LogP contribution in [0.2, 0.25) is 0 Å². The number of aliphatic hydroxyl groups is 1. The first-order chi connectivity index (χ1) is 7.22. The van der Waals surface area contributed by atoms with Crippen molar-refractivity contribution in [1.29, 1.82) is 0 Å². The molecule has 1 heterocycles. The third kappa shape index (κ3) is 2.31. The first-order valence-electron chi connectivity index (χ1n) is 5.03. The standard InChI is InChI=1S/C9H13F2N3O/c10-9(11)8-7(5-15)12-13-14(8)4-3-6-1-2-6/h6,9,15H,1-5H2. The molecule has 1 fully saturated rings. The summed E-state index contributed by atoms with van der Waals surface area (Å²) in [6.07, 6.45) is 0.617. The van der Waals surface area contributed by atoms with Gasteiger partial charge in [0.1, 0.15) is 11.4 Å². The Labute approximate surface area is 85.9 Å². The minimum Gasteiger partial charge on any atom is -0.390 e. The Morgan fingerprint density at radius 2 is 2.20 bits per heavy atom. The maximum atomic E-state index is 12.6. The van der Waals surface area contributed by atoms with Crippen molar-refractivity contribution in [2.24, 2.45) is 5.92 Å². The van der Waals surface area contributed by atoms with Gasteiger partial charge in [0.25, 0.3) is 6.43 Å². The Morgan fingerprint density at radius 1 is 1.47 bits per heavy atom. The molecule has 2 rings (SSSR count). The van der Waals surface area contributed by atoms with Crippen LogP contribution in [0.4, 0.5) is 8.78 Å². The average Bonchev–Trinajstić information content (AvgIpc) is 2.93. The molecule has 1 aliphatic carbocycles. The molecule has 0 radical (unpaired) electrons. The summed E-state index contributed by atoms with van der Waals surface area (Å²) in [7, 11) is 0. The lowest BCUT2D eigenvalue weighted by atomic mass is 10.3. The molecule has 0 atom stereocenters. The van der Waals surface area contributed by atoms with Crippen molar-refractivity contribution in [2.45, 2.75) is 38.8 Å². The van der Waals surface area contributed by atoms with Crippen LogP contribution in [0.5, 0.6) is 0 Å². The molecule has 0 aliphatic heterocycles. The fourth-order valence-electron chi connectivity index (χ4n) is 1.58. The van der Waals surface area contributed by atoms with Crippen molar-refractivity contribution in [2.75, 3.05) is 0 Å². The maximum Gasteiger partial charge on any atom is 0.282 e. The van der Waals surface area contributed by atoms with Crippen molar-refractivity contribution in [3.63, 3.8) is 0 Å². The van der Waals surface area contributed by atoms with Gasteiger partial charge in [0.2, 0.25) is 0 Å². The molecular formula is C9H13F2N3O. The van der Waals surface area contributed by atoms with E-state index in [0.29, 0.717) is 12.5 Å². The number of halogens is 2. The molecule has 1 aromatic heterocycles. The summed E-state index contributed by atoms with van der Waals surface area (Å²) in [5, 5.41) is 16.0. The number of aromatic nitrogens is 3. The summed E-state index contributed by atoms with van der Waals surface area (Å²) in [5.74, 6) is 0.664. The van der Waals surface area contributed by atoms with Crippen molar-refractivity contribution >= 4 is 0 Å². The van der Waals surface area contributed by atoms with Crippen LogP contribution in [-0.2, 0) is 13.2 Å². The minimum absolute atomic E-state index is 0.0132. The number of aliphatic hydroxyl groups excluding tert-OH is 1. The third-order valence-corrected chi connectivity index (χ3v) is 2.65. The quantitative estimate of drug-likeness (QED) is 0.813. The molecule has 0 bridgehead atoms. The van der Waals surface area contributed by atoms with Crippen LogP contribution in [0, 0.1) is 5.92 Å². The van der Waals surface area contributed by atoms with Gasteiger partial charge in [-0.15, -0.1) is 5.10 Å². The number of rotatable bonds is 5. The third-order valence-electron chi connectivity index (χ3n) is 2.65. The van der Waals surface area contributed by atoms with Crippen molar-refractivity contribution in [3.8, 4) is 0 Å². The lowest BCUT2D eigenvalue weighted by molar-refractivity contribution is 0.134. The summed E-state index contributed by atoms with van der Waals surface area (Å²) < 4.78 is 26.5. The zero-order valence-electron chi connectivity index (χ0n) is 8.24. The molecule has 0 amide bonds. The van der Waals surface area contributed by atoms with E-state index >= 15 is 0 Å². The highest BCUT2D eigenvalue weighted by Gasteiger charge is 2.24. The van der Waals surface area contributed by atoms with Crippen LogP contribution in [0.3, 0.4) is 0 Å². The van der Waals surface area contributed by atoms with E-state index < -0.39 is 13.0 Å². The number of nitrogens with zero attached hydrogens (tertiary/aromatic N) is 3. The highest BCUT2D eigenvalue weighted by Crippen LogP contribution is 2.33. The maximum absolute atomic E-state index is 12.6. The fourth-order valence-corrected chi connectivity index (χ4v) is 1.58. The largest absolute Gasteiger partial charge is 0.390 e. The second-order valence-electron chi connectivity index (χ2n) is 3.84. The van der Waals surface area contributed by atoms with Gasteiger partial charge in [0.15, 0.2) is 0 Å². The van der Waals surface area contributed by atoms with Crippen LogP contribution in [0.25, 0.3) is 0 Å². The van der Waals surface area contributed by atoms with Gasteiger partial charge in [-0.1, -0.05) is 18.1 Å². The van der Waals surface area contributed by atoms with Crippen molar-refractivity contribution in [1.82, 2.24) is 15.0 Å². The molecule has 0 aromatic carbocycles. The first kappa shape index (κ1) is 10.5. The van der Waals surface area contributed by atoms with Crippen LogP contribution >= 0.6 is 0 Å². The monoisotopic (exact) mass is 217 g/mol. The summed E-state index contributed by atoms with van der Waals surface area (Å²) in [4.78, 5) is 0. The van der Waals surface area contributed by atoms with E-state index in [9.17, 15) is 8.78 Å². The van der Waals surface area contributed by atoms with E-state index in [1.54, 1.807) is 0 Å². The van der Waals surface area contributed by atoms with Gasteiger partial charge in [-0.2, -0.15) is 0 Å². The number of hydrogen-bond donors (Lipinski definition) is 1. The van der Waals surface area contributed by atoms with Gasteiger partial charge in [-0.05, 0) is 12.3 Å². The van der Waals surface area contributed by atoms with E-state index in [1.807, 2.05) is 0 Å². The lowest BCUT2D eigenvalue weighted by Gasteiger charge is -2.05. The van der Waals surface area contributed by atoms with Gasteiger partial charge in [0.05, 0.1) is 6.61 Å². The smallest absolute Gasteiger partial charge is 0.282 e. The van der Waals surface area contributed by atoms with E-state index in [4.69, 9.17) is 5.11 Å². The van der Waals surface area contributed by atoms with Gasteiger partial charge >= 0.3 is 0 Å². The Kier molecular flexibility index (Phi) is 2.95. The molecule has 0 unspecified atom stereocenters. The second-order valence-corrected chi connectivity index (χ2v) is 3.84. The topological polar surface area (TPSA) is 50.9 Å². The van der Waals surface area contributed by atoms with Crippen LogP contribution in [0.15, 0.2) is 0 Å². The van der Waals surface area contributed by atoms with Gasteiger partial charge < -0.3 is 5.11 Å². The highest BCUT2D eigenvalue weighted by atomic mass is 19.3. The SMILES string of the molecule is OCc1nnn(CCC2CC2)c1C(F)F. The summed E-state index contributed by atoms with van der Waals surface area (Å²) >= 11 is 0. The van der Waals surface area contributed by atoms with Crippen molar-refractivity contribution in [3.05, 3.63) is 11.4 Å². The highest BCUT2D eigenvalue weighted by molar-refractivity contribution is 5.10.